The molecule has 0 heterocycles. The van der Waals surface area contributed by atoms with Crippen LogP contribution in [0.15, 0.2) is 30.3 Å². The Bertz CT molecular complexity index is 359. The van der Waals surface area contributed by atoms with Crippen LogP contribution in [0.25, 0.3) is 0 Å². The van der Waals surface area contributed by atoms with Crippen molar-refractivity contribution in [1.29, 1.82) is 0 Å². The van der Waals surface area contributed by atoms with Crippen LogP contribution in [-0.4, -0.2) is 6.04 Å². The van der Waals surface area contributed by atoms with Crippen molar-refractivity contribution in [2.75, 3.05) is 0 Å². The molecule has 1 aromatic carbocycles. The SMILES string of the molecule is CC1(C)CCCC1C(CCc1ccccc1)NN. The van der Waals surface area contributed by atoms with Crippen molar-refractivity contribution in [2.24, 2.45) is 17.2 Å². The van der Waals surface area contributed by atoms with Gasteiger partial charge in [0.25, 0.3) is 0 Å². The van der Waals surface area contributed by atoms with E-state index in [1.165, 1.54) is 24.8 Å². The molecule has 1 saturated carbocycles. The number of rotatable bonds is 5. The molecule has 2 heteroatoms. The molecular weight excluding hydrogens is 220 g/mol. The third kappa shape index (κ3) is 3.12. The van der Waals surface area contributed by atoms with Crippen LogP contribution in [0, 0.1) is 11.3 Å². The van der Waals surface area contributed by atoms with E-state index in [0.717, 1.165) is 12.8 Å². The van der Waals surface area contributed by atoms with E-state index in [1.807, 2.05) is 0 Å². The van der Waals surface area contributed by atoms with Crippen LogP contribution in [0.5, 0.6) is 0 Å². The molecule has 0 radical (unpaired) electrons. The third-order valence-corrected chi connectivity index (χ3v) is 4.63. The van der Waals surface area contributed by atoms with E-state index in [1.54, 1.807) is 0 Å². The number of benzene rings is 1. The summed E-state index contributed by atoms with van der Waals surface area (Å²) in [7, 11) is 0. The molecule has 0 aromatic heterocycles. The van der Waals surface area contributed by atoms with Gasteiger partial charge in [-0.1, -0.05) is 50.6 Å². The van der Waals surface area contributed by atoms with Crippen LogP contribution < -0.4 is 11.3 Å². The van der Waals surface area contributed by atoms with Crippen molar-refractivity contribution < 1.29 is 0 Å². The monoisotopic (exact) mass is 246 g/mol. The molecule has 2 unspecified atom stereocenters. The Balaban J connectivity index is 1.94. The molecule has 1 fully saturated rings. The fourth-order valence-corrected chi connectivity index (χ4v) is 3.47. The van der Waals surface area contributed by atoms with Crippen molar-refractivity contribution in [3.63, 3.8) is 0 Å². The second-order valence-electron chi connectivity index (χ2n) is 6.28. The first-order valence-electron chi connectivity index (χ1n) is 7.13. The zero-order valence-corrected chi connectivity index (χ0v) is 11.7. The first-order valence-corrected chi connectivity index (χ1v) is 7.13. The zero-order valence-electron chi connectivity index (χ0n) is 11.7. The Kier molecular flexibility index (Phi) is 4.41. The van der Waals surface area contributed by atoms with Crippen molar-refractivity contribution in [3.05, 3.63) is 35.9 Å². The standard InChI is InChI=1S/C16H26N2/c1-16(2)12-6-9-14(16)15(18-17)11-10-13-7-4-3-5-8-13/h3-5,7-8,14-15,18H,6,9-12,17H2,1-2H3. The van der Waals surface area contributed by atoms with Gasteiger partial charge in [-0.2, -0.15) is 0 Å². The molecule has 2 rings (SSSR count). The van der Waals surface area contributed by atoms with Gasteiger partial charge in [-0.3, -0.25) is 11.3 Å². The minimum Gasteiger partial charge on any atom is -0.271 e. The maximum Gasteiger partial charge on any atom is 0.0247 e. The molecule has 0 aliphatic heterocycles. The summed E-state index contributed by atoms with van der Waals surface area (Å²) in [5.74, 6) is 6.50. The molecule has 2 atom stereocenters. The molecule has 1 aliphatic carbocycles. The number of hydrazine groups is 1. The summed E-state index contributed by atoms with van der Waals surface area (Å²) in [6.07, 6.45) is 6.25. The lowest BCUT2D eigenvalue weighted by Gasteiger charge is -2.34. The molecule has 0 saturated heterocycles. The maximum atomic E-state index is 5.79. The van der Waals surface area contributed by atoms with Crippen LogP contribution >= 0.6 is 0 Å². The number of nitrogens with one attached hydrogen (secondary N) is 1. The van der Waals surface area contributed by atoms with Crippen LogP contribution in [0.2, 0.25) is 0 Å². The van der Waals surface area contributed by atoms with Gasteiger partial charge in [-0.05, 0) is 42.6 Å². The number of hydrogen-bond acceptors (Lipinski definition) is 2. The predicted octanol–water partition coefficient (Wildman–Crippen LogP) is 3.28. The highest BCUT2D eigenvalue weighted by atomic mass is 15.2. The quantitative estimate of drug-likeness (QED) is 0.618. The first-order chi connectivity index (χ1) is 8.63. The van der Waals surface area contributed by atoms with Gasteiger partial charge in [0.1, 0.15) is 0 Å². The summed E-state index contributed by atoms with van der Waals surface area (Å²) in [5, 5.41) is 0. The maximum absolute atomic E-state index is 5.79. The molecule has 100 valence electrons. The molecule has 1 aliphatic rings. The summed E-state index contributed by atoms with van der Waals surface area (Å²) >= 11 is 0. The van der Waals surface area contributed by atoms with Crippen LogP contribution in [0.3, 0.4) is 0 Å². The molecule has 0 bridgehead atoms. The third-order valence-electron chi connectivity index (χ3n) is 4.63. The van der Waals surface area contributed by atoms with E-state index in [2.05, 4.69) is 49.6 Å². The lowest BCUT2D eigenvalue weighted by Crippen LogP contribution is -2.44. The van der Waals surface area contributed by atoms with Crippen molar-refractivity contribution in [2.45, 2.75) is 52.0 Å². The smallest absolute Gasteiger partial charge is 0.0247 e. The van der Waals surface area contributed by atoms with E-state index < -0.39 is 0 Å². The Morgan fingerprint density at radius 1 is 1.33 bits per heavy atom. The van der Waals surface area contributed by atoms with Gasteiger partial charge in [0.05, 0.1) is 0 Å². The van der Waals surface area contributed by atoms with E-state index >= 15 is 0 Å². The molecule has 18 heavy (non-hydrogen) atoms. The van der Waals surface area contributed by atoms with Gasteiger partial charge >= 0.3 is 0 Å². The minimum atomic E-state index is 0.438. The Labute approximate surface area is 111 Å². The highest BCUT2D eigenvalue weighted by Gasteiger charge is 2.38. The highest BCUT2D eigenvalue weighted by molar-refractivity contribution is 5.15. The molecule has 1 aromatic rings. The normalized spacial score (nSPS) is 24.1. The number of hydrogen-bond donors (Lipinski definition) is 2. The predicted molar refractivity (Wildman–Crippen MR) is 77.0 cm³/mol. The van der Waals surface area contributed by atoms with E-state index in [0.29, 0.717) is 17.4 Å². The minimum absolute atomic E-state index is 0.438. The zero-order chi connectivity index (χ0) is 13.0. The highest BCUT2D eigenvalue weighted by Crippen LogP contribution is 2.44. The van der Waals surface area contributed by atoms with Gasteiger partial charge in [0.2, 0.25) is 0 Å². The average Bonchev–Trinajstić information content (AvgIpc) is 2.72. The second-order valence-corrected chi connectivity index (χ2v) is 6.28. The van der Waals surface area contributed by atoms with Crippen molar-refractivity contribution >= 4 is 0 Å². The van der Waals surface area contributed by atoms with Gasteiger partial charge in [-0.25, -0.2) is 0 Å². The fraction of sp³-hybridized carbons (Fsp3) is 0.625. The number of nitrogens with two attached hydrogens (primary N) is 1. The summed E-state index contributed by atoms with van der Waals surface area (Å²) in [5.41, 5.74) is 4.92. The molecule has 3 N–H and O–H groups in total. The van der Waals surface area contributed by atoms with Crippen LogP contribution in [0.1, 0.15) is 45.1 Å². The summed E-state index contributed by atoms with van der Waals surface area (Å²) in [4.78, 5) is 0. The molecule has 2 nitrogen and oxygen atoms in total. The Morgan fingerprint density at radius 2 is 2.06 bits per heavy atom. The van der Waals surface area contributed by atoms with E-state index in [9.17, 15) is 0 Å². The molecule has 0 spiro atoms. The first kappa shape index (κ1) is 13.6. The summed E-state index contributed by atoms with van der Waals surface area (Å²) in [6, 6.07) is 11.1. The lowest BCUT2D eigenvalue weighted by atomic mass is 9.76. The van der Waals surface area contributed by atoms with Gasteiger partial charge < -0.3 is 0 Å². The second kappa shape index (κ2) is 5.85. The summed E-state index contributed by atoms with van der Waals surface area (Å²) in [6.45, 7) is 4.77. The topological polar surface area (TPSA) is 38.0 Å². The van der Waals surface area contributed by atoms with Gasteiger partial charge in [0, 0.05) is 6.04 Å². The Hall–Kier alpha value is -0.860. The van der Waals surface area contributed by atoms with Crippen LogP contribution in [0.4, 0.5) is 0 Å². The molecule has 0 amide bonds. The van der Waals surface area contributed by atoms with Crippen molar-refractivity contribution in [3.8, 4) is 0 Å². The fourth-order valence-electron chi connectivity index (χ4n) is 3.47. The van der Waals surface area contributed by atoms with E-state index in [4.69, 9.17) is 5.84 Å². The van der Waals surface area contributed by atoms with Crippen molar-refractivity contribution in [1.82, 2.24) is 5.43 Å². The summed E-state index contributed by atoms with van der Waals surface area (Å²) < 4.78 is 0. The largest absolute Gasteiger partial charge is 0.271 e. The van der Waals surface area contributed by atoms with Crippen LogP contribution in [-0.2, 0) is 6.42 Å². The number of aryl methyl sites for hydroxylation is 1. The molecular formula is C16H26N2. The van der Waals surface area contributed by atoms with Gasteiger partial charge in [0.15, 0.2) is 0 Å². The van der Waals surface area contributed by atoms with Gasteiger partial charge in [-0.15, -0.1) is 0 Å². The lowest BCUT2D eigenvalue weighted by molar-refractivity contribution is 0.190. The Morgan fingerprint density at radius 3 is 2.61 bits per heavy atom. The van der Waals surface area contributed by atoms with E-state index in [-0.39, 0.29) is 0 Å². The average molecular weight is 246 g/mol.